The van der Waals surface area contributed by atoms with E-state index in [0.29, 0.717) is 25.4 Å². The van der Waals surface area contributed by atoms with E-state index in [0.717, 1.165) is 32.1 Å². The zero-order valence-corrected chi connectivity index (χ0v) is 14.1. The summed E-state index contributed by atoms with van der Waals surface area (Å²) in [5, 5.41) is 9.38. The maximum atomic E-state index is 11.8. The summed E-state index contributed by atoms with van der Waals surface area (Å²) in [5.74, 6) is 1.54. The molecule has 0 heterocycles. The molecule has 6 nitrogen and oxygen atoms in total. The van der Waals surface area contributed by atoms with Crippen molar-refractivity contribution in [2.75, 3.05) is 39.9 Å². The lowest BCUT2D eigenvalue weighted by atomic mass is 10.0. The Morgan fingerprint density at radius 3 is 2.50 bits per heavy atom. The smallest absolute Gasteiger partial charge is 0.220 e. The quantitative estimate of drug-likeness (QED) is 0.323. The zero-order chi connectivity index (χ0) is 16.0. The fraction of sp³-hybridized carbons (Fsp3) is 0.875. The van der Waals surface area contributed by atoms with Gasteiger partial charge in [0.05, 0.1) is 0 Å². The Morgan fingerprint density at radius 1 is 1.14 bits per heavy atom. The highest BCUT2D eigenvalue weighted by Gasteiger charge is 2.17. The van der Waals surface area contributed by atoms with Gasteiger partial charge in [-0.25, -0.2) is 0 Å². The predicted octanol–water partition coefficient (Wildman–Crippen LogP) is 1.27. The van der Waals surface area contributed by atoms with E-state index in [9.17, 15) is 4.79 Å². The van der Waals surface area contributed by atoms with Crippen LogP contribution in [0.4, 0.5) is 0 Å². The molecule has 1 rings (SSSR count). The first-order chi connectivity index (χ1) is 10.8. The van der Waals surface area contributed by atoms with E-state index < -0.39 is 0 Å². The van der Waals surface area contributed by atoms with Gasteiger partial charge in [-0.2, -0.15) is 0 Å². The monoisotopic (exact) mass is 312 g/mol. The third-order valence-corrected chi connectivity index (χ3v) is 3.87. The number of guanidine groups is 1. The summed E-state index contributed by atoms with van der Waals surface area (Å²) < 4.78 is 5.28. The highest BCUT2D eigenvalue weighted by molar-refractivity contribution is 5.79. The number of amides is 1. The molecule has 0 radical (unpaired) electrons. The molecule has 3 N–H and O–H groups in total. The maximum Gasteiger partial charge on any atom is 0.220 e. The maximum absolute atomic E-state index is 11.8. The molecule has 0 aromatic carbocycles. The lowest BCUT2D eigenvalue weighted by Crippen LogP contribution is -2.42. The van der Waals surface area contributed by atoms with Gasteiger partial charge in [-0.3, -0.25) is 9.79 Å². The van der Waals surface area contributed by atoms with Crippen molar-refractivity contribution >= 4 is 11.9 Å². The number of hydrogen-bond acceptors (Lipinski definition) is 3. The Balaban J connectivity index is 2.00. The topological polar surface area (TPSA) is 74.8 Å². The highest BCUT2D eigenvalue weighted by atomic mass is 16.5. The fourth-order valence-corrected chi connectivity index (χ4v) is 2.68. The van der Waals surface area contributed by atoms with Gasteiger partial charge in [-0.1, -0.05) is 12.8 Å². The van der Waals surface area contributed by atoms with Crippen LogP contribution in [-0.2, 0) is 9.53 Å². The molecule has 0 spiro atoms. The van der Waals surface area contributed by atoms with Crippen LogP contribution in [0.1, 0.15) is 45.4 Å². The molecule has 1 amide bonds. The number of nitrogens with one attached hydrogen (secondary N) is 3. The second-order valence-electron chi connectivity index (χ2n) is 5.68. The molecule has 0 aromatic rings. The minimum absolute atomic E-state index is 0.174. The first-order valence-corrected chi connectivity index (χ1v) is 8.55. The van der Waals surface area contributed by atoms with E-state index >= 15 is 0 Å². The van der Waals surface area contributed by atoms with Crippen molar-refractivity contribution in [3.8, 4) is 0 Å². The van der Waals surface area contributed by atoms with Crippen molar-refractivity contribution in [1.82, 2.24) is 16.0 Å². The van der Waals surface area contributed by atoms with Gasteiger partial charge < -0.3 is 20.7 Å². The predicted molar refractivity (Wildman–Crippen MR) is 90.1 cm³/mol. The number of aliphatic imine (C=N–C) groups is 1. The number of carbonyl (C=O) groups excluding carboxylic acids is 1. The van der Waals surface area contributed by atoms with Crippen molar-refractivity contribution in [2.45, 2.75) is 45.4 Å². The average Bonchev–Trinajstić information content (AvgIpc) is 3.02. The molecule has 0 bridgehead atoms. The zero-order valence-electron chi connectivity index (χ0n) is 14.1. The molecule has 1 aliphatic carbocycles. The minimum atomic E-state index is 0.174. The van der Waals surface area contributed by atoms with Crippen LogP contribution in [0.5, 0.6) is 0 Å². The Bertz CT molecular complexity index is 328. The van der Waals surface area contributed by atoms with E-state index in [1.165, 1.54) is 25.7 Å². The number of hydrogen-bond donors (Lipinski definition) is 3. The summed E-state index contributed by atoms with van der Waals surface area (Å²) in [6.07, 6.45) is 6.63. The van der Waals surface area contributed by atoms with E-state index in [1.807, 2.05) is 6.92 Å². The van der Waals surface area contributed by atoms with Crippen LogP contribution in [0.15, 0.2) is 4.99 Å². The summed E-state index contributed by atoms with van der Waals surface area (Å²) in [6.45, 7) is 5.65. The molecule has 1 fully saturated rings. The molecule has 128 valence electrons. The Hall–Kier alpha value is -1.30. The van der Waals surface area contributed by atoms with Crippen molar-refractivity contribution in [1.29, 1.82) is 0 Å². The Morgan fingerprint density at radius 2 is 1.82 bits per heavy atom. The number of carbonyl (C=O) groups is 1. The number of ether oxygens (including phenoxy) is 1. The summed E-state index contributed by atoms with van der Waals surface area (Å²) in [6, 6.07) is 0. The second kappa shape index (κ2) is 12.3. The lowest BCUT2D eigenvalue weighted by molar-refractivity contribution is -0.121. The standard InChI is InChI=1S/C16H32N4O2/c1-3-22-12-6-9-19-16(17-2)20-11-10-18-15(21)13-14-7-4-5-8-14/h14H,3-13H2,1-2H3,(H,18,21)(H2,17,19,20). The third kappa shape index (κ3) is 8.87. The van der Waals surface area contributed by atoms with Crippen LogP contribution in [-0.4, -0.2) is 51.8 Å². The highest BCUT2D eigenvalue weighted by Crippen LogP contribution is 2.27. The number of nitrogens with zero attached hydrogens (tertiary/aromatic N) is 1. The molecular formula is C16H32N4O2. The van der Waals surface area contributed by atoms with Gasteiger partial charge in [0.1, 0.15) is 0 Å². The molecule has 0 aliphatic heterocycles. The molecule has 6 heteroatoms. The first-order valence-electron chi connectivity index (χ1n) is 8.55. The van der Waals surface area contributed by atoms with Crippen molar-refractivity contribution in [3.63, 3.8) is 0 Å². The summed E-state index contributed by atoms with van der Waals surface area (Å²) >= 11 is 0. The SMILES string of the molecule is CCOCCCNC(=NC)NCCNC(=O)CC1CCCC1. The minimum Gasteiger partial charge on any atom is -0.382 e. The van der Waals surface area contributed by atoms with Gasteiger partial charge in [0.15, 0.2) is 5.96 Å². The van der Waals surface area contributed by atoms with E-state index in [4.69, 9.17) is 4.74 Å². The van der Waals surface area contributed by atoms with Crippen LogP contribution in [0.25, 0.3) is 0 Å². The van der Waals surface area contributed by atoms with Crippen LogP contribution < -0.4 is 16.0 Å². The fourth-order valence-electron chi connectivity index (χ4n) is 2.68. The second-order valence-corrected chi connectivity index (χ2v) is 5.68. The van der Waals surface area contributed by atoms with Gasteiger partial charge >= 0.3 is 0 Å². The van der Waals surface area contributed by atoms with Gasteiger partial charge in [0.2, 0.25) is 5.91 Å². The molecule has 1 aliphatic rings. The van der Waals surface area contributed by atoms with Crippen LogP contribution in [0.2, 0.25) is 0 Å². The molecule has 0 unspecified atom stereocenters. The Kier molecular flexibility index (Phi) is 10.5. The molecule has 0 atom stereocenters. The lowest BCUT2D eigenvalue weighted by Gasteiger charge is -2.13. The van der Waals surface area contributed by atoms with Gasteiger partial charge in [-0.05, 0) is 32.1 Å². The first kappa shape index (κ1) is 18.7. The third-order valence-electron chi connectivity index (χ3n) is 3.87. The molecular weight excluding hydrogens is 280 g/mol. The summed E-state index contributed by atoms with van der Waals surface area (Å²) in [5.41, 5.74) is 0. The van der Waals surface area contributed by atoms with Crippen molar-refractivity contribution in [3.05, 3.63) is 0 Å². The summed E-state index contributed by atoms with van der Waals surface area (Å²) in [4.78, 5) is 15.9. The van der Waals surface area contributed by atoms with E-state index in [2.05, 4.69) is 20.9 Å². The molecule has 0 saturated heterocycles. The van der Waals surface area contributed by atoms with Crippen LogP contribution in [0.3, 0.4) is 0 Å². The molecule has 1 saturated carbocycles. The van der Waals surface area contributed by atoms with E-state index in [-0.39, 0.29) is 5.91 Å². The van der Waals surface area contributed by atoms with Gasteiger partial charge in [0.25, 0.3) is 0 Å². The Labute approximate surface area is 134 Å². The summed E-state index contributed by atoms with van der Waals surface area (Å²) in [7, 11) is 1.75. The number of rotatable bonds is 10. The van der Waals surface area contributed by atoms with Crippen LogP contribution >= 0.6 is 0 Å². The molecule has 0 aromatic heterocycles. The van der Waals surface area contributed by atoms with Crippen molar-refractivity contribution < 1.29 is 9.53 Å². The van der Waals surface area contributed by atoms with E-state index in [1.54, 1.807) is 7.05 Å². The van der Waals surface area contributed by atoms with Crippen LogP contribution in [0, 0.1) is 5.92 Å². The van der Waals surface area contributed by atoms with Crippen molar-refractivity contribution in [2.24, 2.45) is 10.9 Å². The largest absolute Gasteiger partial charge is 0.382 e. The normalized spacial score (nSPS) is 15.8. The van der Waals surface area contributed by atoms with Gasteiger partial charge in [-0.15, -0.1) is 0 Å². The van der Waals surface area contributed by atoms with Gasteiger partial charge in [0, 0.05) is 46.3 Å². The average molecular weight is 312 g/mol. The molecule has 22 heavy (non-hydrogen) atoms.